The topological polar surface area (TPSA) is 93.2 Å². The maximum Gasteiger partial charge on any atom is 0.219 e. The molecule has 0 aromatic carbocycles. The zero-order valence-electron chi connectivity index (χ0n) is 6.26. The first-order chi connectivity index (χ1) is 5.06. The number of amides is 1. The van der Waals surface area contributed by atoms with Gasteiger partial charge >= 0.3 is 0 Å². The number of nitrogens with two attached hydrogens (primary N) is 2. The predicted molar refractivity (Wildman–Crippen MR) is 46.3 cm³/mol. The Bertz CT molecular complexity index is 161. The Labute approximate surface area is 70.5 Å². The normalized spacial score (nSPS) is 11.8. The molecular weight excluding hydrogens is 164 g/mol. The van der Waals surface area contributed by atoms with Crippen LogP contribution in [0.2, 0.25) is 0 Å². The van der Waals surface area contributed by atoms with Crippen LogP contribution in [0.4, 0.5) is 0 Å². The van der Waals surface area contributed by atoms with Gasteiger partial charge in [-0.15, -0.1) is 0 Å². The highest BCUT2D eigenvalue weighted by atomic mass is 32.1. The van der Waals surface area contributed by atoms with E-state index in [1.807, 2.05) is 0 Å². The number of primary amides is 1. The van der Waals surface area contributed by atoms with Crippen molar-refractivity contribution in [2.45, 2.75) is 19.4 Å². The largest absolute Gasteiger partial charge is 0.370 e. The first-order valence-electron chi connectivity index (χ1n) is 3.11. The third-order valence-corrected chi connectivity index (χ3v) is 1.25. The molecule has 1 unspecified atom stereocenters. The van der Waals surface area contributed by atoms with Crippen LogP contribution in [0.3, 0.4) is 0 Å². The van der Waals surface area contributed by atoms with Gasteiger partial charge in [0.15, 0.2) is 5.11 Å². The summed E-state index contributed by atoms with van der Waals surface area (Å²) in [6.07, 6.45) is 0.238. The fourth-order valence-corrected chi connectivity index (χ4v) is 0.819. The fraction of sp³-hybridized carbons (Fsp3) is 0.600. The van der Waals surface area contributed by atoms with Crippen molar-refractivity contribution < 1.29 is 4.79 Å². The van der Waals surface area contributed by atoms with Crippen molar-refractivity contribution in [3.63, 3.8) is 0 Å². The van der Waals surface area contributed by atoms with E-state index in [1.54, 1.807) is 6.92 Å². The van der Waals surface area contributed by atoms with E-state index >= 15 is 0 Å². The summed E-state index contributed by atoms with van der Waals surface area (Å²) < 4.78 is 0. The van der Waals surface area contributed by atoms with E-state index in [4.69, 9.17) is 11.6 Å². The Kier molecular flexibility index (Phi) is 4.47. The van der Waals surface area contributed by atoms with Crippen LogP contribution in [0.15, 0.2) is 0 Å². The molecule has 6 heteroatoms. The molecule has 0 aromatic rings. The highest BCUT2D eigenvalue weighted by Gasteiger charge is 2.05. The molecular formula is C5H12N4OS. The van der Waals surface area contributed by atoms with Gasteiger partial charge in [0.25, 0.3) is 0 Å². The van der Waals surface area contributed by atoms with Gasteiger partial charge in [-0.3, -0.25) is 4.79 Å². The molecule has 6 N–H and O–H groups in total. The van der Waals surface area contributed by atoms with Crippen molar-refractivity contribution in [3.8, 4) is 0 Å². The second-order valence-corrected chi connectivity index (χ2v) is 2.60. The molecule has 1 atom stereocenters. The van der Waals surface area contributed by atoms with Gasteiger partial charge in [-0.25, -0.2) is 5.84 Å². The summed E-state index contributed by atoms with van der Waals surface area (Å²) in [4.78, 5) is 10.4. The number of hydrogen-bond donors (Lipinski definition) is 4. The van der Waals surface area contributed by atoms with Crippen LogP contribution in [-0.4, -0.2) is 17.1 Å². The molecule has 0 saturated heterocycles. The zero-order valence-corrected chi connectivity index (χ0v) is 7.07. The highest BCUT2D eigenvalue weighted by molar-refractivity contribution is 7.80. The zero-order chi connectivity index (χ0) is 8.85. The molecule has 1 amide bonds. The average Bonchev–Trinajstić information content (AvgIpc) is 1.85. The molecule has 0 spiro atoms. The molecule has 0 aliphatic carbocycles. The summed E-state index contributed by atoms with van der Waals surface area (Å²) in [5.41, 5.74) is 7.17. The van der Waals surface area contributed by atoms with Gasteiger partial charge in [0.1, 0.15) is 0 Å². The highest BCUT2D eigenvalue weighted by Crippen LogP contribution is 1.87. The lowest BCUT2D eigenvalue weighted by molar-refractivity contribution is -0.118. The minimum Gasteiger partial charge on any atom is -0.370 e. The van der Waals surface area contributed by atoms with Crippen LogP contribution < -0.4 is 22.3 Å². The lowest BCUT2D eigenvalue weighted by atomic mass is 10.2. The fourth-order valence-electron chi connectivity index (χ4n) is 0.618. The van der Waals surface area contributed by atoms with Crippen LogP contribution >= 0.6 is 12.2 Å². The van der Waals surface area contributed by atoms with Crippen molar-refractivity contribution in [1.82, 2.24) is 10.7 Å². The van der Waals surface area contributed by atoms with Crippen LogP contribution in [0, 0.1) is 0 Å². The van der Waals surface area contributed by atoms with Gasteiger partial charge in [0.2, 0.25) is 5.91 Å². The third-order valence-electron chi connectivity index (χ3n) is 1.02. The molecule has 0 aromatic heterocycles. The van der Waals surface area contributed by atoms with Crippen molar-refractivity contribution in [2.24, 2.45) is 11.6 Å². The van der Waals surface area contributed by atoms with E-state index in [0.29, 0.717) is 5.11 Å². The summed E-state index contributed by atoms with van der Waals surface area (Å²) in [6.45, 7) is 1.79. The minimum absolute atomic E-state index is 0.0870. The van der Waals surface area contributed by atoms with E-state index in [1.165, 1.54) is 0 Å². The van der Waals surface area contributed by atoms with Gasteiger partial charge in [0, 0.05) is 12.5 Å². The second kappa shape index (κ2) is 4.86. The molecule has 64 valence electrons. The second-order valence-electron chi connectivity index (χ2n) is 2.19. The maximum absolute atomic E-state index is 10.4. The SMILES string of the molecule is CC(CC(N)=O)NC(=S)NN. The molecule has 0 fully saturated rings. The van der Waals surface area contributed by atoms with Gasteiger partial charge in [-0.2, -0.15) is 0 Å². The van der Waals surface area contributed by atoms with Crippen molar-refractivity contribution in [2.75, 3.05) is 0 Å². The van der Waals surface area contributed by atoms with Crippen molar-refractivity contribution in [3.05, 3.63) is 0 Å². The average molecular weight is 176 g/mol. The Morgan fingerprint density at radius 3 is 2.64 bits per heavy atom. The van der Waals surface area contributed by atoms with E-state index in [0.717, 1.165) is 0 Å². The van der Waals surface area contributed by atoms with Crippen LogP contribution in [0.25, 0.3) is 0 Å². The van der Waals surface area contributed by atoms with E-state index in [2.05, 4.69) is 23.0 Å². The number of rotatable bonds is 3. The Morgan fingerprint density at radius 1 is 1.73 bits per heavy atom. The number of hydrogen-bond acceptors (Lipinski definition) is 3. The maximum atomic E-state index is 10.4. The summed E-state index contributed by atoms with van der Waals surface area (Å²) in [5, 5.41) is 3.06. The quantitative estimate of drug-likeness (QED) is 0.241. The number of carbonyl (C=O) groups is 1. The standard InChI is InChI=1S/C5H12N4OS/c1-3(2-4(6)10)8-5(11)9-7/h3H,2,7H2,1H3,(H2,6,10)(H2,8,9,11). The molecule has 0 heterocycles. The number of hydrazine groups is 1. The molecule has 0 rings (SSSR count). The predicted octanol–water partition coefficient (Wildman–Crippen LogP) is -1.41. The molecule has 0 radical (unpaired) electrons. The van der Waals surface area contributed by atoms with Crippen molar-refractivity contribution in [1.29, 1.82) is 0 Å². The van der Waals surface area contributed by atoms with Crippen LogP contribution in [0.1, 0.15) is 13.3 Å². The van der Waals surface area contributed by atoms with Gasteiger partial charge in [0.05, 0.1) is 0 Å². The van der Waals surface area contributed by atoms with Crippen LogP contribution in [0.5, 0.6) is 0 Å². The summed E-state index contributed by atoms with van der Waals surface area (Å²) in [5.74, 6) is 4.61. The lowest BCUT2D eigenvalue weighted by Gasteiger charge is -2.12. The number of thiocarbonyl (C=S) groups is 1. The monoisotopic (exact) mass is 176 g/mol. The Hall–Kier alpha value is -0.880. The minimum atomic E-state index is -0.371. The van der Waals surface area contributed by atoms with E-state index in [-0.39, 0.29) is 18.4 Å². The Balaban J connectivity index is 3.60. The lowest BCUT2D eigenvalue weighted by Crippen LogP contribution is -2.44. The molecule has 0 aliphatic rings. The first kappa shape index (κ1) is 10.1. The molecule has 0 bridgehead atoms. The van der Waals surface area contributed by atoms with Crippen molar-refractivity contribution >= 4 is 23.2 Å². The van der Waals surface area contributed by atoms with E-state index in [9.17, 15) is 4.79 Å². The third kappa shape index (κ3) is 5.56. The van der Waals surface area contributed by atoms with Gasteiger partial charge in [-0.1, -0.05) is 0 Å². The van der Waals surface area contributed by atoms with Crippen LogP contribution in [-0.2, 0) is 4.79 Å². The summed E-state index contributed by atoms with van der Waals surface area (Å²) >= 11 is 4.68. The number of carbonyl (C=O) groups excluding carboxylic acids is 1. The Morgan fingerprint density at radius 2 is 2.27 bits per heavy atom. The van der Waals surface area contributed by atoms with E-state index < -0.39 is 0 Å². The smallest absolute Gasteiger partial charge is 0.219 e. The number of nitrogens with one attached hydrogen (secondary N) is 2. The molecule has 5 nitrogen and oxygen atoms in total. The van der Waals surface area contributed by atoms with Gasteiger partial charge in [-0.05, 0) is 19.1 Å². The summed E-state index contributed by atoms with van der Waals surface area (Å²) in [6, 6.07) is -0.0870. The molecule has 11 heavy (non-hydrogen) atoms. The van der Waals surface area contributed by atoms with Gasteiger partial charge < -0.3 is 16.5 Å². The molecule has 0 aliphatic heterocycles. The molecule has 0 saturated carbocycles. The first-order valence-corrected chi connectivity index (χ1v) is 3.52. The summed E-state index contributed by atoms with van der Waals surface area (Å²) in [7, 11) is 0.